The fourth-order valence-electron chi connectivity index (χ4n) is 2.24. The van der Waals surface area contributed by atoms with E-state index in [0.717, 1.165) is 27.8 Å². The Bertz CT molecular complexity index is 679. The van der Waals surface area contributed by atoms with Crippen molar-refractivity contribution < 1.29 is 14.3 Å². The zero-order chi connectivity index (χ0) is 16.1. The van der Waals surface area contributed by atoms with Crippen molar-refractivity contribution in [3.8, 4) is 11.5 Å². The first-order valence-electron chi connectivity index (χ1n) is 7.47. The molecule has 1 atom stereocenters. The summed E-state index contributed by atoms with van der Waals surface area (Å²) >= 11 is 1.58. The number of carbonyl (C=O) groups is 1. The van der Waals surface area contributed by atoms with Gasteiger partial charge in [-0.3, -0.25) is 4.79 Å². The molecular formula is C17H18N2O3S. The molecule has 5 nitrogen and oxygen atoms in total. The van der Waals surface area contributed by atoms with E-state index in [1.807, 2.05) is 36.4 Å². The number of amides is 1. The minimum Gasteiger partial charge on any atom is -0.486 e. The SMILES string of the molecule is CC(=O)NCCC1COc2ccc(Sc3ccccn3)cc2O1. The molecule has 1 aromatic heterocycles. The van der Waals surface area contributed by atoms with Gasteiger partial charge in [-0.15, -0.1) is 0 Å². The van der Waals surface area contributed by atoms with Gasteiger partial charge >= 0.3 is 0 Å². The Morgan fingerprint density at radius 1 is 1.35 bits per heavy atom. The molecule has 0 aliphatic carbocycles. The molecular weight excluding hydrogens is 312 g/mol. The first-order chi connectivity index (χ1) is 11.2. The van der Waals surface area contributed by atoms with Crippen LogP contribution in [0.4, 0.5) is 0 Å². The molecule has 0 saturated carbocycles. The van der Waals surface area contributed by atoms with Crippen molar-refractivity contribution in [1.82, 2.24) is 10.3 Å². The molecule has 0 spiro atoms. The Kier molecular flexibility index (Phi) is 5.02. The maximum Gasteiger partial charge on any atom is 0.216 e. The molecule has 0 bridgehead atoms. The monoisotopic (exact) mass is 330 g/mol. The van der Waals surface area contributed by atoms with Gasteiger partial charge in [0.1, 0.15) is 17.7 Å². The zero-order valence-corrected chi connectivity index (χ0v) is 13.6. The van der Waals surface area contributed by atoms with Gasteiger partial charge in [-0.25, -0.2) is 4.98 Å². The number of hydrogen-bond donors (Lipinski definition) is 1. The number of rotatable bonds is 5. The lowest BCUT2D eigenvalue weighted by molar-refractivity contribution is -0.119. The van der Waals surface area contributed by atoms with Crippen LogP contribution >= 0.6 is 11.8 Å². The number of fused-ring (bicyclic) bond motifs is 1. The lowest BCUT2D eigenvalue weighted by Gasteiger charge is -2.26. The van der Waals surface area contributed by atoms with Crippen molar-refractivity contribution in [3.63, 3.8) is 0 Å². The highest BCUT2D eigenvalue weighted by Crippen LogP contribution is 2.37. The van der Waals surface area contributed by atoms with Crippen LogP contribution < -0.4 is 14.8 Å². The number of carbonyl (C=O) groups excluding carboxylic acids is 1. The van der Waals surface area contributed by atoms with Gasteiger partial charge in [-0.1, -0.05) is 17.8 Å². The molecule has 2 heterocycles. The first-order valence-corrected chi connectivity index (χ1v) is 8.29. The number of benzene rings is 1. The van der Waals surface area contributed by atoms with Crippen molar-refractivity contribution >= 4 is 17.7 Å². The third-order valence-electron chi connectivity index (χ3n) is 3.33. The number of aromatic nitrogens is 1. The highest BCUT2D eigenvalue weighted by atomic mass is 32.2. The molecule has 120 valence electrons. The summed E-state index contributed by atoms with van der Waals surface area (Å²) in [4.78, 5) is 16.3. The molecule has 0 fully saturated rings. The summed E-state index contributed by atoms with van der Waals surface area (Å²) in [5, 5.41) is 3.71. The third-order valence-corrected chi connectivity index (χ3v) is 4.27. The van der Waals surface area contributed by atoms with Crippen LogP contribution in [0.1, 0.15) is 13.3 Å². The van der Waals surface area contributed by atoms with Crippen LogP contribution in [-0.4, -0.2) is 30.1 Å². The van der Waals surface area contributed by atoms with E-state index in [4.69, 9.17) is 9.47 Å². The van der Waals surface area contributed by atoms with Crippen molar-refractivity contribution in [2.45, 2.75) is 29.4 Å². The average Bonchev–Trinajstić information content (AvgIpc) is 2.55. The number of hydrogen-bond acceptors (Lipinski definition) is 5. The van der Waals surface area contributed by atoms with Crippen LogP contribution in [0.3, 0.4) is 0 Å². The largest absolute Gasteiger partial charge is 0.486 e. The summed E-state index contributed by atoms with van der Waals surface area (Å²) < 4.78 is 11.7. The fraction of sp³-hybridized carbons (Fsp3) is 0.294. The Morgan fingerprint density at radius 2 is 2.26 bits per heavy atom. The number of nitrogens with one attached hydrogen (secondary N) is 1. The van der Waals surface area contributed by atoms with Crippen LogP contribution in [0.25, 0.3) is 0 Å². The molecule has 1 aliphatic heterocycles. The number of pyridine rings is 1. The van der Waals surface area contributed by atoms with E-state index in [2.05, 4.69) is 10.3 Å². The van der Waals surface area contributed by atoms with Gasteiger partial charge in [0, 0.05) is 31.0 Å². The molecule has 0 radical (unpaired) electrons. The predicted octanol–water partition coefficient (Wildman–Crippen LogP) is 2.90. The second kappa shape index (κ2) is 7.37. The van der Waals surface area contributed by atoms with Crippen LogP contribution in [-0.2, 0) is 4.79 Å². The highest BCUT2D eigenvalue weighted by Gasteiger charge is 2.21. The van der Waals surface area contributed by atoms with Gasteiger partial charge in [-0.2, -0.15) is 0 Å². The van der Waals surface area contributed by atoms with Crippen molar-refractivity contribution in [2.24, 2.45) is 0 Å². The highest BCUT2D eigenvalue weighted by molar-refractivity contribution is 7.99. The summed E-state index contributed by atoms with van der Waals surface area (Å²) in [7, 11) is 0. The van der Waals surface area contributed by atoms with Gasteiger partial charge in [0.25, 0.3) is 0 Å². The van der Waals surface area contributed by atoms with Crippen LogP contribution in [0.2, 0.25) is 0 Å². The second-order valence-corrected chi connectivity index (χ2v) is 6.29. The Labute approximate surface area is 139 Å². The molecule has 23 heavy (non-hydrogen) atoms. The topological polar surface area (TPSA) is 60.5 Å². The van der Waals surface area contributed by atoms with Crippen LogP contribution in [0.15, 0.2) is 52.5 Å². The maximum atomic E-state index is 10.9. The lowest BCUT2D eigenvalue weighted by atomic mass is 10.2. The zero-order valence-electron chi connectivity index (χ0n) is 12.8. The molecule has 3 rings (SSSR count). The summed E-state index contributed by atoms with van der Waals surface area (Å²) in [6.07, 6.45) is 2.44. The molecule has 1 unspecified atom stereocenters. The van der Waals surface area contributed by atoms with Crippen LogP contribution in [0, 0.1) is 0 Å². The van der Waals surface area contributed by atoms with Gasteiger partial charge in [-0.05, 0) is 30.3 Å². The standard InChI is InChI=1S/C17H18N2O3S/c1-12(20)18-9-7-13-11-21-15-6-5-14(10-16(15)22-13)23-17-4-2-3-8-19-17/h2-6,8,10,13H,7,9,11H2,1H3,(H,18,20). The van der Waals surface area contributed by atoms with E-state index in [1.54, 1.807) is 18.0 Å². The van der Waals surface area contributed by atoms with Gasteiger partial charge in [0.2, 0.25) is 5.91 Å². The van der Waals surface area contributed by atoms with Crippen molar-refractivity contribution in [1.29, 1.82) is 0 Å². The van der Waals surface area contributed by atoms with Gasteiger partial charge in [0.05, 0.1) is 0 Å². The normalized spacial score (nSPS) is 16.0. The first kappa shape index (κ1) is 15.7. The number of nitrogens with zero attached hydrogens (tertiary/aromatic N) is 1. The quantitative estimate of drug-likeness (QED) is 0.913. The fourth-order valence-corrected chi connectivity index (χ4v) is 3.04. The summed E-state index contributed by atoms with van der Waals surface area (Å²) in [6.45, 7) is 2.59. The van der Waals surface area contributed by atoms with E-state index < -0.39 is 0 Å². The lowest BCUT2D eigenvalue weighted by Crippen LogP contribution is -2.33. The van der Waals surface area contributed by atoms with Gasteiger partial charge < -0.3 is 14.8 Å². The number of ether oxygens (including phenoxy) is 2. The molecule has 1 aromatic carbocycles. The molecule has 1 amide bonds. The Morgan fingerprint density at radius 3 is 3.04 bits per heavy atom. The Hall–Kier alpha value is -2.21. The van der Waals surface area contributed by atoms with E-state index in [9.17, 15) is 4.79 Å². The van der Waals surface area contributed by atoms with E-state index >= 15 is 0 Å². The summed E-state index contributed by atoms with van der Waals surface area (Å²) in [5.41, 5.74) is 0. The second-order valence-electron chi connectivity index (χ2n) is 5.20. The van der Waals surface area contributed by atoms with Crippen LogP contribution in [0.5, 0.6) is 11.5 Å². The average molecular weight is 330 g/mol. The van der Waals surface area contributed by atoms with E-state index in [1.165, 1.54) is 6.92 Å². The predicted molar refractivity (Wildman–Crippen MR) is 88.0 cm³/mol. The Balaban J connectivity index is 1.64. The molecule has 0 saturated heterocycles. The van der Waals surface area contributed by atoms with Gasteiger partial charge in [0.15, 0.2) is 11.5 Å². The van der Waals surface area contributed by atoms with E-state index in [-0.39, 0.29) is 12.0 Å². The molecule has 6 heteroatoms. The van der Waals surface area contributed by atoms with Crippen molar-refractivity contribution in [2.75, 3.05) is 13.2 Å². The van der Waals surface area contributed by atoms with E-state index in [0.29, 0.717) is 13.2 Å². The third kappa shape index (κ3) is 4.39. The molecule has 2 aromatic rings. The minimum absolute atomic E-state index is 0.0313. The smallest absolute Gasteiger partial charge is 0.216 e. The summed E-state index contributed by atoms with van der Waals surface area (Å²) in [5.74, 6) is 1.47. The van der Waals surface area contributed by atoms with Crippen molar-refractivity contribution in [3.05, 3.63) is 42.6 Å². The summed E-state index contributed by atoms with van der Waals surface area (Å²) in [6, 6.07) is 11.7. The minimum atomic E-state index is -0.0514. The molecule has 1 N–H and O–H groups in total. The maximum absolute atomic E-state index is 10.9. The molecule has 1 aliphatic rings.